The first-order valence-electron chi connectivity index (χ1n) is 5.55. The summed E-state index contributed by atoms with van der Waals surface area (Å²) in [4.78, 5) is 25.7. The first kappa shape index (κ1) is 13.1. The van der Waals surface area contributed by atoms with E-state index in [4.69, 9.17) is 0 Å². The first-order chi connectivity index (χ1) is 7.65. The van der Waals surface area contributed by atoms with Crippen LogP contribution in [0.4, 0.5) is 0 Å². The molecule has 1 aromatic rings. The van der Waals surface area contributed by atoms with Crippen molar-refractivity contribution < 1.29 is 0 Å². The Morgan fingerprint density at radius 1 is 1.31 bits per heavy atom. The zero-order valence-corrected chi connectivity index (χ0v) is 10.8. The number of aromatic amines is 1. The summed E-state index contributed by atoms with van der Waals surface area (Å²) in [6.45, 7) is 4.68. The molecule has 0 saturated carbocycles. The van der Waals surface area contributed by atoms with Gasteiger partial charge in [-0.2, -0.15) is 0 Å². The molecule has 4 nitrogen and oxygen atoms in total. The smallest absolute Gasteiger partial charge is 0.288 e. The van der Waals surface area contributed by atoms with Crippen molar-refractivity contribution in [3.63, 3.8) is 0 Å². The van der Waals surface area contributed by atoms with Gasteiger partial charge in [0.05, 0.1) is 5.03 Å². The number of unbranched alkanes of at least 4 members (excludes halogenated alkanes) is 1. The summed E-state index contributed by atoms with van der Waals surface area (Å²) in [5, 5.41) is 0.810. The lowest BCUT2D eigenvalue weighted by Crippen LogP contribution is -2.33. The second-order valence-corrected chi connectivity index (χ2v) is 4.40. The largest absolute Gasteiger partial charge is 0.329 e. The lowest BCUT2D eigenvalue weighted by molar-refractivity contribution is 0.546. The number of hydrogen-bond acceptors (Lipinski definition) is 3. The number of H-pyrrole nitrogens is 1. The third kappa shape index (κ3) is 2.58. The first-order valence-corrected chi connectivity index (χ1v) is 6.78. The average molecular weight is 242 g/mol. The monoisotopic (exact) mass is 242 g/mol. The molecule has 0 amide bonds. The Kier molecular flexibility index (Phi) is 4.86. The molecule has 1 rings (SSSR count). The van der Waals surface area contributed by atoms with E-state index in [1.54, 1.807) is 4.57 Å². The van der Waals surface area contributed by atoms with Crippen molar-refractivity contribution in [2.75, 3.05) is 6.26 Å². The van der Waals surface area contributed by atoms with Gasteiger partial charge in [0.15, 0.2) is 0 Å². The van der Waals surface area contributed by atoms with Crippen molar-refractivity contribution in [3.8, 4) is 0 Å². The molecule has 0 aliphatic rings. The summed E-state index contributed by atoms with van der Waals surface area (Å²) >= 11 is 1.47. The fourth-order valence-corrected chi connectivity index (χ4v) is 2.53. The van der Waals surface area contributed by atoms with Gasteiger partial charge in [-0.05, 0) is 19.1 Å². The summed E-state index contributed by atoms with van der Waals surface area (Å²) in [7, 11) is 0. The molecule has 0 fully saturated rings. The van der Waals surface area contributed by atoms with E-state index in [1.807, 2.05) is 13.2 Å². The summed E-state index contributed by atoms with van der Waals surface area (Å²) in [6.07, 6.45) is 4.53. The second-order valence-electron chi connectivity index (χ2n) is 3.61. The van der Waals surface area contributed by atoms with Crippen molar-refractivity contribution in [2.24, 2.45) is 0 Å². The summed E-state index contributed by atoms with van der Waals surface area (Å²) in [5.74, 6) is 0. The SMILES string of the molecule is CCCCn1c(SC)c(CC)c(=O)[nH]c1=O. The number of hydrogen-bond donors (Lipinski definition) is 1. The molecule has 1 N–H and O–H groups in total. The van der Waals surface area contributed by atoms with Gasteiger partial charge in [-0.1, -0.05) is 20.3 Å². The second kappa shape index (κ2) is 5.94. The Balaban J connectivity index is 3.34. The number of aromatic nitrogens is 2. The highest BCUT2D eigenvalue weighted by atomic mass is 32.2. The van der Waals surface area contributed by atoms with Crippen molar-refractivity contribution in [1.29, 1.82) is 0 Å². The predicted octanol–water partition coefficient (Wildman–Crippen LogP) is 1.62. The van der Waals surface area contributed by atoms with Crippen LogP contribution in [0.25, 0.3) is 0 Å². The molecule has 90 valence electrons. The fraction of sp³-hybridized carbons (Fsp3) is 0.636. The summed E-state index contributed by atoms with van der Waals surface area (Å²) < 4.78 is 1.67. The fourth-order valence-electron chi connectivity index (χ4n) is 1.66. The lowest BCUT2D eigenvalue weighted by atomic mass is 10.2. The number of nitrogens with one attached hydrogen (secondary N) is 1. The Morgan fingerprint density at radius 3 is 2.50 bits per heavy atom. The molecule has 0 radical (unpaired) electrons. The van der Waals surface area contributed by atoms with Crippen LogP contribution in [0, 0.1) is 0 Å². The van der Waals surface area contributed by atoms with Gasteiger partial charge in [-0.15, -0.1) is 11.8 Å². The van der Waals surface area contributed by atoms with Crippen LogP contribution < -0.4 is 11.2 Å². The van der Waals surface area contributed by atoms with Crippen molar-refractivity contribution >= 4 is 11.8 Å². The van der Waals surface area contributed by atoms with Crippen LogP contribution in [0.1, 0.15) is 32.3 Å². The van der Waals surface area contributed by atoms with Gasteiger partial charge in [0, 0.05) is 12.1 Å². The Morgan fingerprint density at radius 2 is 2.00 bits per heavy atom. The highest BCUT2D eigenvalue weighted by Gasteiger charge is 2.11. The van der Waals surface area contributed by atoms with E-state index in [9.17, 15) is 9.59 Å². The highest BCUT2D eigenvalue weighted by Crippen LogP contribution is 2.16. The van der Waals surface area contributed by atoms with E-state index in [-0.39, 0.29) is 11.2 Å². The zero-order chi connectivity index (χ0) is 12.1. The van der Waals surface area contributed by atoms with Crippen LogP contribution in [0.3, 0.4) is 0 Å². The lowest BCUT2D eigenvalue weighted by Gasteiger charge is -2.12. The number of rotatable bonds is 5. The van der Waals surface area contributed by atoms with E-state index in [0.29, 0.717) is 18.5 Å². The Labute approximate surface area is 99.1 Å². The molecule has 0 aliphatic heterocycles. The molecule has 0 aliphatic carbocycles. The number of nitrogens with zero attached hydrogens (tertiary/aromatic N) is 1. The molecule has 0 spiro atoms. The molecule has 0 unspecified atom stereocenters. The van der Waals surface area contributed by atoms with Gasteiger partial charge in [0.2, 0.25) is 0 Å². The van der Waals surface area contributed by atoms with Gasteiger partial charge >= 0.3 is 5.69 Å². The van der Waals surface area contributed by atoms with Crippen LogP contribution >= 0.6 is 11.8 Å². The topological polar surface area (TPSA) is 54.9 Å². The average Bonchev–Trinajstić information content (AvgIpc) is 2.27. The summed E-state index contributed by atoms with van der Waals surface area (Å²) in [5.41, 5.74) is 0.174. The minimum atomic E-state index is -0.292. The Hall–Kier alpha value is -0.970. The maximum absolute atomic E-state index is 11.7. The van der Waals surface area contributed by atoms with Crippen LogP contribution in [-0.2, 0) is 13.0 Å². The summed E-state index contributed by atoms with van der Waals surface area (Å²) in [6, 6.07) is 0. The molecule has 5 heteroatoms. The minimum Gasteiger partial charge on any atom is -0.288 e. The zero-order valence-electron chi connectivity index (χ0n) is 10.0. The van der Waals surface area contributed by atoms with E-state index < -0.39 is 0 Å². The van der Waals surface area contributed by atoms with Gasteiger partial charge < -0.3 is 0 Å². The molecule has 0 saturated heterocycles. The van der Waals surface area contributed by atoms with Gasteiger partial charge in [-0.25, -0.2) is 4.79 Å². The molecule has 16 heavy (non-hydrogen) atoms. The molecule has 1 heterocycles. The normalized spacial score (nSPS) is 10.7. The van der Waals surface area contributed by atoms with Crippen molar-refractivity contribution in [3.05, 3.63) is 26.4 Å². The molecule has 1 aromatic heterocycles. The molecule has 0 atom stereocenters. The van der Waals surface area contributed by atoms with Crippen molar-refractivity contribution in [1.82, 2.24) is 9.55 Å². The van der Waals surface area contributed by atoms with Gasteiger partial charge in [0.1, 0.15) is 0 Å². The molecular weight excluding hydrogens is 224 g/mol. The number of thioether (sulfide) groups is 1. The van der Waals surface area contributed by atoms with Crippen LogP contribution in [0.5, 0.6) is 0 Å². The van der Waals surface area contributed by atoms with E-state index in [1.165, 1.54) is 11.8 Å². The maximum Gasteiger partial charge on any atom is 0.329 e. The molecular formula is C11H18N2O2S. The molecule has 0 aromatic carbocycles. The van der Waals surface area contributed by atoms with Crippen molar-refractivity contribution in [2.45, 2.75) is 44.7 Å². The van der Waals surface area contributed by atoms with E-state index in [0.717, 1.165) is 17.9 Å². The maximum atomic E-state index is 11.7. The highest BCUT2D eigenvalue weighted by molar-refractivity contribution is 7.98. The van der Waals surface area contributed by atoms with Gasteiger partial charge in [0.25, 0.3) is 5.56 Å². The third-order valence-electron chi connectivity index (χ3n) is 2.53. The minimum absolute atomic E-state index is 0.246. The van der Waals surface area contributed by atoms with Crippen LogP contribution in [0.2, 0.25) is 0 Å². The standard InChI is InChI=1S/C11H18N2O2S/c1-4-6-7-13-10(16-3)8(5-2)9(14)12-11(13)15/h4-7H2,1-3H3,(H,12,14,15). The van der Waals surface area contributed by atoms with Crippen LogP contribution in [-0.4, -0.2) is 15.8 Å². The quantitative estimate of drug-likeness (QED) is 0.630. The van der Waals surface area contributed by atoms with Gasteiger partial charge in [-0.3, -0.25) is 14.3 Å². The third-order valence-corrected chi connectivity index (χ3v) is 3.38. The Bertz CT molecular complexity index is 462. The molecule has 0 bridgehead atoms. The predicted molar refractivity (Wildman–Crippen MR) is 67.4 cm³/mol. The van der Waals surface area contributed by atoms with E-state index in [2.05, 4.69) is 11.9 Å². The van der Waals surface area contributed by atoms with Crippen LogP contribution in [0.15, 0.2) is 14.6 Å². The van der Waals surface area contributed by atoms with E-state index >= 15 is 0 Å².